The van der Waals surface area contributed by atoms with Gasteiger partial charge in [0.1, 0.15) is 0 Å². The Bertz CT molecular complexity index is 380. The molecule has 1 aromatic carbocycles. The quantitative estimate of drug-likeness (QED) is 0.720. The van der Waals surface area contributed by atoms with Gasteiger partial charge in [0, 0.05) is 44.6 Å². The molecule has 0 aliphatic carbocycles. The molecular formula is C15H25ClN2O2. The van der Waals surface area contributed by atoms with Crippen molar-refractivity contribution in [2.45, 2.75) is 13.5 Å². The van der Waals surface area contributed by atoms with Gasteiger partial charge in [0.15, 0.2) is 0 Å². The SMILES string of the molecule is CCNCc1ccc(Cl)cc1N(CCOC)CCOC. The lowest BCUT2D eigenvalue weighted by Gasteiger charge is -2.27. The van der Waals surface area contributed by atoms with Gasteiger partial charge >= 0.3 is 0 Å². The minimum absolute atomic E-state index is 0.677. The molecule has 0 saturated heterocycles. The Kier molecular flexibility index (Phi) is 8.62. The summed E-state index contributed by atoms with van der Waals surface area (Å²) in [4.78, 5) is 2.26. The molecule has 0 radical (unpaired) electrons. The van der Waals surface area contributed by atoms with Crippen LogP contribution in [0.2, 0.25) is 5.02 Å². The van der Waals surface area contributed by atoms with E-state index in [2.05, 4.69) is 23.2 Å². The summed E-state index contributed by atoms with van der Waals surface area (Å²) >= 11 is 6.15. The molecular weight excluding hydrogens is 276 g/mol. The maximum absolute atomic E-state index is 6.15. The van der Waals surface area contributed by atoms with Crippen LogP contribution in [-0.4, -0.2) is 47.1 Å². The maximum Gasteiger partial charge on any atom is 0.0637 e. The Morgan fingerprint density at radius 1 is 1.15 bits per heavy atom. The van der Waals surface area contributed by atoms with Gasteiger partial charge in [0.2, 0.25) is 0 Å². The van der Waals surface area contributed by atoms with E-state index in [0.29, 0.717) is 13.2 Å². The van der Waals surface area contributed by atoms with Crippen LogP contribution < -0.4 is 10.2 Å². The number of halogens is 1. The number of ether oxygens (including phenoxy) is 2. The van der Waals surface area contributed by atoms with E-state index >= 15 is 0 Å². The zero-order chi connectivity index (χ0) is 14.8. The van der Waals surface area contributed by atoms with Gasteiger partial charge in [0.25, 0.3) is 0 Å². The first-order valence-electron chi connectivity index (χ1n) is 6.94. The van der Waals surface area contributed by atoms with E-state index in [-0.39, 0.29) is 0 Å². The van der Waals surface area contributed by atoms with Crippen LogP contribution in [0.4, 0.5) is 5.69 Å². The van der Waals surface area contributed by atoms with Crippen LogP contribution in [0.3, 0.4) is 0 Å². The molecule has 0 spiro atoms. The fourth-order valence-electron chi connectivity index (χ4n) is 2.00. The number of hydrogen-bond acceptors (Lipinski definition) is 4. The Morgan fingerprint density at radius 3 is 2.35 bits per heavy atom. The van der Waals surface area contributed by atoms with Crippen LogP contribution in [0, 0.1) is 0 Å². The van der Waals surface area contributed by atoms with Gasteiger partial charge in [-0.15, -0.1) is 0 Å². The van der Waals surface area contributed by atoms with Gasteiger partial charge in [-0.3, -0.25) is 0 Å². The summed E-state index contributed by atoms with van der Waals surface area (Å²) < 4.78 is 10.4. The van der Waals surface area contributed by atoms with Gasteiger partial charge in [-0.1, -0.05) is 24.6 Å². The first-order chi connectivity index (χ1) is 9.72. The summed E-state index contributed by atoms with van der Waals surface area (Å²) in [6.45, 7) is 6.87. The van der Waals surface area contributed by atoms with E-state index in [1.807, 2.05) is 12.1 Å². The number of methoxy groups -OCH3 is 2. The Morgan fingerprint density at radius 2 is 1.80 bits per heavy atom. The van der Waals surface area contributed by atoms with Crippen molar-refractivity contribution in [2.24, 2.45) is 0 Å². The predicted molar refractivity (Wildman–Crippen MR) is 84.8 cm³/mol. The molecule has 114 valence electrons. The zero-order valence-electron chi connectivity index (χ0n) is 12.6. The monoisotopic (exact) mass is 300 g/mol. The van der Waals surface area contributed by atoms with Crippen LogP contribution >= 0.6 is 11.6 Å². The highest BCUT2D eigenvalue weighted by Crippen LogP contribution is 2.25. The number of hydrogen-bond donors (Lipinski definition) is 1. The van der Waals surface area contributed by atoms with Crippen molar-refractivity contribution in [3.05, 3.63) is 28.8 Å². The number of nitrogens with zero attached hydrogens (tertiary/aromatic N) is 1. The topological polar surface area (TPSA) is 33.7 Å². The second-order valence-electron chi connectivity index (χ2n) is 4.53. The lowest BCUT2D eigenvalue weighted by atomic mass is 10.1. The molecule has 0 atom stereocenters. The largest absolute Gasteiger partial charge is 0.383 e. The summed E-state index contributed by atoms with van der Waals surface area (Å²) in [5.74, 6) is 0. The minimum Gasteiger partial charge on any atom is -0.383 e. The van der Waals surface area contributed by atoms with Gasteiger partial charge in [-0.2, -0.15) is 0 Å². The normalized spacial score (nSPS) is 10.8. The molecule has 1 N–H and O–H groups in total. The van der Waals surface area contributed by atoms with Crippen LogP contribution in [-0.2, 0) is 16.0 Å². The van der Waals surface area contributed by atoms with Crippen molar-refractivity contribution < 1.29 is 9.47 Å². The number of anilines is 1. The molecule has 0 fully saturated rings. The van der Waals surface area contributed by atoms with Crippen LogP contribution in [0.5, 0.6) is 0 Å². The Balaban J connectivity index is 2.92. The van der Waals surface area contributed by atoms with Gasteiger partial charge < -0.3 is 19.7 Å². The highest BCUT2D eigenvalue weighted by Gasteiger charge is 2.11. The lowest BCUT2D eigenvalue weighted by molar-refractivity contribution is 0.190. The molecule has 4 nitrogen and oxygen atoms in total. The number of nitrogens with one attached hydrogen (secondary N) is 1. The average molecular weight is 301 g/mol. The van der Waals surface area contributed by atoms with E-state index in [1.165, 1.54) is 5.56 Å². The third-order valence-electron chi connectivity index (χ3n) is 3.08. The molecule has 0 unspecified atom stereocenters. The predicted octanol–water partition coefficient (Wildman–Crippen LogP) is 2.55. The van der Waals surface area contributed by atoms with Gasteiger partial charge in [-0.25, -0.2) is 0 Å². The van der Waals surface area contributed by atoms with E-state index in [1.54, 1.807) is 14.2 Å². The molecule has 0 bridgehead atoms. The third kappa shape index (κ3) is 5.67. The van der Waals surface area contributed by atoms with Crippen LogP contribution in [0.25, 0.3) is 0 Å². The molecule has 0 heterocycles. The maximum atomic E-state index is 6.15. The van der Waals surface area contributed by atoms with E-state index < -0.39 is 0 Å². The van der Waals surface area contributed by atoms with E-state index in [9.17, 15) is 0 Å². The second kappa shape index (κ2) is 10.00. The van der Waals surface area contributed by atoms with Crippen molar-refractivity contribution in [3.8, 4) is 0 Å². The first kappa shape index (κ1) is 17.2. The smallest absolute Gasteiger partial charge is 0.0637 e. The van der Waals surface area contributed by atoms with Crippen molar-refractivity contribution in [1.29, 1.82) is 0 Å². The molecule has 0 amide bonds. The zero-order valence-corrected chi connectivity index (χ0v) is 13.4. The summed E-state index contributed by atoms with van der Waals surface area (Å²) in [5.41, 5.74) is 2.39. The molecule has 5 heteroatoms. The fraction of sp³-hybridized carbons (Fsp3) is 0.600. The molecule has 0 aliphatic heterocycles. The molecule has 0 aliphatic rings. The van der Waals surface area contributed by atoms with Crippen LogP contribution in [0.1, 0.15) is 12.5 Å². The third-order valence-corrected chi connectivity index (χ3v) is 3.32. The molecule has 20 heavy (non-hydrogen) atoms. The van der Waals surface area contributed by atoms with Crippen LogP contribution in [0.15, 0.2) is 18.2 Å². The Hall–Kier alpha value is -0.810. The Labute approximate surface area is 127 Å². The molecule has 1 rings (SSSR count). The standard InChI is InChI=1S/C15H25ClN2O2/c1-4-17-12-13-5-6-14(16)11-15(13)18(7-9-19-2)8-10-20-3/h5-6,11,17H,4,7-10,12H2,1-3H3. The van der Waals surface area contributed by atoms with Gasteiger partial charge in [-0.05, 0) is 24.2 Å². The highest BCUT2D eigenvalue weighted by atomic mass is 35.5. The average Bonchev–Trinajstić information content (AvgIpc) is 2.46. The minimum atomic E-state index is 0.677. The molecule has 1 aromatic rings. The lowest BCUT2D eigenvalue weighted by Crippen LogP contribution is -2.32. The van der Waals surface area contributed by atoms with Crippen molar-refractivity contribution in [3.63, 3.8) is 0 Å². The summed E-state index contributed by atoms with van der Waals surface area (Å²) in [6, 6.07) is 6.02. The second-order valence-corrected chi connectivity index (χ2v) is 4.96. The number of rotatable bonds is 10. The fourth-order valence-corrected chi connectivity index (χ4v) is 2.16. The van der Waals surface area contributed by atoms with E-state index in [4.69, 9.17) is 21.1 Å². The summed E-state index contributed by atoms with van der Waals surface area (Å²) in [6.07, 6.45) is 0. The first-order valence-corrected chi connectivity index (χ1v) is 7.32. The number of benzene rings is 1. The van der Waals surface area contributed by atoms with E-state index in [0.717, 1.165) is 36.9 Å². The van der Waals surface area contributed by atoms with Crippen molar-refractivity contribution in [2.75, 3.05) is 52.0 Å². The molecule has 0 aromatic heterocycles. The summed E-state index contributed by atoms with van der Waals surface area (Å²) in [7, 11) is 3.43. The summed E-state index contributed by atoms with van der Waals surface area (Å²) in [5, 5.41) is 4.11. The molecule has 0 saturated carbocycles. The highest BCUT2D eigenvalue weighted by molar-refractivity contribution is 6.30. The van der Waals surface area contributed by atoms with Crippen molar-refractivity contribution >= 4 is 17.3 Å². The van der Waals surface area contributed by atoms with Crippen molar-refractivity contribution in [1.82, 2.24) is 5.32 Å². The van der Waals surface area contributed by atoms with Gasteiger partial charge in [0.05, 0.1) is 13.2 Å².